The van der Waals surface area contributed by atoms with Gasteiger partial charge in [0.2, 0.25) is 5.91 Å². The van der Waals surface area contributed by atoms with Crippen LogP contribution in [0.4, 0.5) is 5.69 Å². The van der Waals surface area contributed by atoms with E-state index in [1.165, 1.54) is 0 Å². The number of hydrogen-bond donors (Lipinski definition) is 1. The molecule has 4 rings (SSSR count). The number of nitrogens with two attached hydrogens (primary N) is 1. The van der Waals surface area contributed by atoms with E-state index in [4.69, 9.17) is 15.2 Å². The Bertz CT molecular complexity index is 1030. The molecular weight excluding hydrogens is 444 g/mol. The van der Waals surface area contributed by atoms with Crippen molar-refractivity contribution < 1.29 is 14.3 Å². The number of fused-ring (bicyclic) bond motifs is 2. The number of nitrogens with zero attached hydrogens (tertiary/aromatic N) is 1. The largest absolute Gasteiger partial charge is 0.496 e. The minimum absolute atomic E-state index is 0. The second-order valence-electron chi connectivity index (χ2n) is 6.42. The molecule has 28 heavy (non-hydrogen) atoms. The number of rotatable bonds is 3. The zero-order valence-electron chi connectivity index (χ0n) is 15.2. The van der Waals surface area contributed by atoms with Gasteiger partial charge in [0.25, 0.3) is 0 Å². The van der Waals surface area contributed by atoms with Crippen molar-refractivity contribution in [3.05, 3.63) is 64.6 Å². The van der Waals surface area contributed by atoms with Crippen molar-refractivity contribution in [1.82, 2.24) is 0 Å². The number of amides is 1. The zero-order valence-corrected chi connectivity index (χ0v) is 17.6. The number of methoxy groups -OCH3 is 1. The minimum Gasteiger partial charge on any atom is -0.496 e. The second-order valence-corrected chi connectivity index (χ2v) is 7.34. The highest BCUT2D eigenvalue weighted by Gasteiger charge is 2.30. The first-order valence-corrected chi connectivity index (χ1v) is 9.41. The van der Waals surface area contributed by atoms with Crippen LogP contribution in [-0.4, -0.2) is 25.7 Å². The van der Waals surface area contributed by atoms with E-state index in [1.807, 2.05) is 54.6 Å². The lowest BCUT2D eigenvalue weighted by atomic mass is 10.0. The van der Waals surface area contributed by atoms with E-state index in [0.29, 0.717) is 18.0 Å². The highest BCUT2D eigenvalue weighted by atomic mass is 79.9. The van der Waals surface area contributed by atoms with Crippen molar-refractivity contribution in [2.45, 2.75) is 12.6 Å². The molecule has 0 radical (unpaired) electrons. The van der Waals surface area contributed by atoms with E-state index < -0.39 is 6.04 Å². The van der Waals surface area contributed by atoms with Crippen LogP contribution in [0.2, 0.25) is 0 Å². The van der Waals surface area contributed by atoms with Crippen LogP contribution in [0.3, 0.4) is 0 Å². The summed E-state index contributed by atoms with van der Waals surface area (Å²) < 4.78 is 12.3. The van der Waals surface area contributed by atoms with Gasteiger partial charge in [-0.05, 0) is 41.1 Å². The lowest BCUT2D eigenvalue weighted by molar-refractivity contribution is -0.120. The summed E-state index contributed by atoms with van der Waals surface area (Å²) in [5.41, 5.74) is 7.70. The molecule has 1 heterocycles. The molecule has 1 atom stereocenters. The fourth-order valence-electron chi connectivity index (χ4n) is 3.39. The molecule has 1 aliphatic rings. The number of halogens is 2. The van der Waals surface area contributed by atoms with Crippen molar-refractivity contribution in [2.24, 2.45) is 5.73 Å². The van der Waals surface area contributed by atoms with Gasteiger partial charge in [-0.15, -0.1) is 12.4 Å². The summed E-state index contributed by atoms with van der Waals surface area (Å²) in [6.07, 6.45) is 0. The van der Waals surface area contributed by atoms with Crippen molar-refractivity contribution in [3.63, 3.8) is 0 Å². The lowest BCUT2D eigenvalue weighted by Gasteiger charge is -2.25. The number of para-hydroxylation sites is 2. The number of benzene rings is 3. The fraction of sp³-hybridized carbons (Fsp3) is 0.190. The predicted molar refractivity (Wildman–Crippen MR) is 117 cm³/mol. The van der Waals surface area contributed by atoms with Crippen LogP contribution in [0.15, 0.2) is 59.1 Å². The van der Waals surface area contributed by atoms with Crippen LogP contribution in [0.1, 0.15) is 5.56 Å². The summed E-state index contributed by atoms with van der Waals surface area (Å²) in [5, 5.41) is 2.10. The van der Waals surface area contributed by atoms with Crippen LogP contribution in [0.25, 0.3) is 10.8 Å². The third-order valence-electron chi connectivity index (χ3n) is 4.74. The summed E-state index contributed by atoms with van der Waals surface area (Å²) in [7, 11) is 1.64. The summed E-state index contributed by atoms with van der Waals surface area (Å²) in [4.78, 5) is 14.7. The van der Waals surface area contributed by atoms with E-state index in [0.717, 1.165) is 26.6 Å². The van der Waals surface area contributed by atoms with Crippen LogP contribution in [0, 0.1) is 0 Å². The molecule has 0 aliphatic carbocycles. The molecule has 1 aliphatic heterocycles. The molecule has 0 spiro atoms. The second kappa shape index (κ2) is 8.39. The van der Waals surface area contributed by atoms with Gasteiger partial charge in [-0.2, -0.15) is 0 Å². The Hall–Kier alpha value is -2.28. The van der Waals surface area contributed by atoms with E-state index in [2.05, 4.69) is 15.9 Å². The Morgan fingerprint density at radius 1 is 1.21 bits per heavy atom. The highest BCUT2D eigenvalue weighted by molar-refractivity contribution is 9.10. The van der Waals surface area contributed by atoms with Gasteiger partial charge in [-0.3, -0.25) is 4.79 Å². The molecule has 5 nitrogen and oxygen atoms in total. The third kappa shape index (κ3) is 3.68. The van der Waals surface area contributed by atoms with E-state index >= 15 is 0 Å². The fourth-order valence-corrected chi connectivity index (χ4v) is 3.77. The third-order valence-corrected chi connectivity index (χ3v) is 5.24. The molecular formula is C21H20BrClN2O3. The summed E-state index contributed by atoms with van der Waals surface area (Å²) in [6, 6.07) is 16.8. The summed E-state index contributed by atoms with van der Waals surface area (Å²) in [6.45, 7) is 0.501. The molecule has 2 N–H and O–H groups in total. The SMILES string of the molecule is COc1ccc2cc(Br)ccc2c1CN1C(=O)[C@@H](N)COc2ccccc21.Cl. The molecule has 0 bridgehead atoms. The number of anilines is 1. The highest BCUT2D eigenvalue weighted by Crippen LogP contribution is 2.36. The van der Waals surface area contributed by atoms with Gasteiger partial charge in [0.15, 0.2) is 0 Å². The van der Waals surface area contributed by atoms with Gasteiger partial charge >= 0.3 is 0 Å². The Kier molecular flexibility index (Phi) is 6.13. The van der Waals surface area contributed by atoms with Crippen molar-refractivity contribution in [1.29, 1.82) is 0 Å². The number of ether oxygens (including phenoxy) is 2. The molecule has 0 aromatic heterocycles. The predicted octanol–water partition coefficient (Wildman–Crippen LogP) is 4.29. The standard InChI is InChI=1S/C21H19BrN2O3.ClH/c1-26-19-9-6-13-10-14(22)7-8-15(13)16(19)11-24-18-4-2-3-5-20(18)27-12-17(23)21(24)25;/h2-10,17H,11-12,23H2,1H3;1H/t17-;/m0./s1. The zero-order chi connectivity index (χ0) is 19.0. The molecule has 0 unspecified atom stereocenters. The quantitative estimate of drug-likeness (QED) is 0.629. The Labute approximate surface area is 177 Å². The molecule has 7 heteroatoms. The molecule has 1 amide bonds. The van der Waals surface area contributed by atoms with E-state index in [9.17, 15) is 4.79 Å². The Morgan fingerprint density at radius 3 is 2.79 bits per heavy atom. The van der Waals surface area contributed by atoms with Gasteiger partial charge in [0.1, 0.15) is 24.1 Å². The topological polar surface area (TPSA) is 64.8 Å². The van der Waals surface area contributed by atoms with Crippen LogP contribution in [-0.2, 0) is 11.3 Å². The molecule has 0 saturated carbocycles. The van der Waals surface area contributed by atoms with Crippen molar-refractivity contribution in [3.8, 4) is 11.5 Å². The van der Waals surface area contributed by atoms with Crippen LogP contribution in [0.5, 0.6) is 11.5 Å². The number of carbonyl (C=O) groups is 1. The lowest BCUT2D eigenvalue weighted by Crippen LogP contribution is -2.45. The molecule has 0 saturated heterocycles. The maximum Gasteiger partial charge on any atom is 0.247 e. The maximum absolute atomic E-state index is 13.0. The van der Waals surface area contributed by atoms with Crippen molar-refractivity contribution >= 4 is 50.7 Å². The van der Waals surface area contributed by atoms with Gasteiger partial charge in [0.05, 0.1) is 19.3 Å². The van der Waals surface area contributed by atoms with Gasteiger partial charge < -0.3 is 20.1 Å². The molecule has 3 aromatic carbocycles. The molecule has 146 valence electrons. The monoisotopic (exact) mass is 462 g/mol. The maximum atomic E-state index is 13.0. The first-order chi connectivity index (χ1) is 13.1. The number of carbonyl (C=O) groups excluding carboxylic acids is 1. The smallest absolute Gasteiger partial charge is 0.247 e. The first-order valence-electron chi connectivity index (χ1n) is 8.62. The van der Waals surface area contributed by atoms with Gasteiger partial charge in [0, 0.05) is 10.0 Å². The van der Waals surface area contributed by atoms with E-state index in [1.54, 1.807) is 12.0 Å². The molecule has 3 aromatic rings. The van der Waals surface area contributed by atoms with E-state index in [-0.39, 0.29) is 24.9 Å². The van der Waals surface area contributed by atoms with Crippen LogP contribution < -0.4 is 20.1 Å². The average Bonchev–Trinajstić information content (AvgIpc) is 2.80. The van der Waals surface area contributed by atoms with Gasteiger partial charge in [-0.25, -0.2) is 0 Å². The summed E-state index contributed by atoms with van der Waals surface area (Å²) >= 11 is 3.51. The van der Waals surface area contributed by atoms with Crippen molar-refractivity contribution in [2.75, 3.05) is 18.6 Å². The first kappa shape index (κ1) is 20.5. The molecule has 0 fully saturated rings. The minimum atomic E-state index is -0.715. The normalized spacial score (nSPS) is 16.0. The Balaban J connectivity index is 0.00000225. The van der Waals surface area contributed by atoms with Crippen LogP contribution >= 0.6 is 28.3 Å². The Morgan fingerprint density at radius 2 is 2.00 bits per heavy atom. The average molecular weight is 464 g/mol. The number of hydrogen-bond acceptors (Lipinski definition) is 4. The van der Waals surface area contributed by atoms with Gasteiger partial charge in [-0.1, -0.05) is 40.2 Å². The summed E-state index contributed by atoms with van der Waals surface area (Å²) in [5.74, 6) is 1.21.